The molecule has 1 unspecified atom stereocenters. The Hall–Kier alpha value is -2.08. The summed E-state index contributed by atoms with van der Waals surface area (Å²) in [6, 6.07) is 0. The first kappa shape index (κ1) is 43.9. The minimum Gasteiger partial charge on any atom is -0.462 e. The average molecular weight is 725 g/mol. The van der Waals surface area contributed by atoms with Gasteiger partial charge < -0.3 is 58.3 Å². The summed E-state index contributed by atoms with van der Waals surface area (Å²) in [4.78, 5) is 86.7. The Morgan fingerprint density at radius 2 is 1.28 bits per heavy atom. The monoisotopic (exact) mass is 724 g/mol. The van der Waals surface area contributed by atoms with E-state index < -0.39 is 70.3 Å². The van der Waals surface area contributed by atoms with Crippen molar-refractivity contribution in [2.45, 2.75) is 89.6 Å². The smallest absolute Gasteiger partial charge is 0.407 e. The lowest BCUT2D eigenvalue weighted by atomic mass is 10.2. The largest absolute Gasteiger partial charge is 0.462 e. The third-order valence-electron chi connectivity index (χ3n) is 6.77. The SMILES string of the molecule is CCC(=O)OCC(COC(=O)NCCOCCOC(=O)NCCCC(O[Si](C)(C)C(C)(C)C)(P(=O)(O)O)P(=O)(O)O)OC(=O)CC. The Labute approximate surface area is 270 Å². The Bertz CT molecular complexity index is 1070. The number of alkyl carbamates (subject to hydrolysis) is 2. The highest BCUT2D eigenvalue weighted by molar-refractivity contribution is 7.72. The molecule has 6 N–H and O–H groups in total. The van der Waals surface area contributed by atoms with Crippen LogP contribution in [0.3, 0.4) is 0 Å². The van der Waals surface area contributed by atoms with Crippen LogP contribution in [0, 0.1) is 0 Å². The van der Waals surface area contributed by atoms with E-state index >= 15 is 0 Å². The molecule has 0 aromatic heterocycles. The summed E-state index contributed by atoms with van der Waals surface area (Å²) in [7, 11) is -14.1. The zero-order valence-electron chi connectivity index (χ0n) is 27.4. The van der Waals surface area contributed by atoms with Crippen molar-refractivity contribution in [3.8, 4) is 0 Å². The molecular weight excluding hydrogens is 674 g/mol. The lowest BCUT2D eigenvalue weighted by molar-refractivity contribution is -0.161. The van der Waals surface area contributed by atoms with Gasteiger partial charge in [0.2, 0.25) is 0 Å². The first-order chi connectivity index (χ1) is 21.0. The van der Waals surface area contributed by atoms with Crippen LogP contribution in [0.15, 0.2) is 0 Å². The minimum absolute atomic E-state index is 0.0174. The fourth-order valence-corrected chi connectivity index (χ4v) is 8.97. The fourth-order valence-electron chi connectivity index (χ4n) is 3.17. The molecule has 0 aliphatic heterocycles. The topological polar surface area (TPSA) is 263 Å². The second-order valence-electron chi connectivity index (χ2n) is 11.5. The number of nitrogens with one attached hydrogen (secondary N) is 2. The highest BCUT2D eigenvalue weighted by Gasteiger charge is 2.64. The zero-order valence-corrected chi connectivity index (χ0v) is 30.2. The van der Waals surface area contributed by atoms with Gasteiger partial charge in [0.15, 0.2) is 14.4 Å². The predicted octanol–water partition coefficient (Wildman–Crippen LogP) is 2.54. The van der Waals surface area contributed by atoms with Gasteiger partial charge in [-0.1, -0.05) is 34.6 Å². The summed E-state index contributed by atoms with van der Waals surface area (Å²) in [6.45, 7) is 10.6. The van der Waals surface area contributed by atoms with Crippen molar-refractivity contribution in [2.24, 2.45) is 0 Å². The summed E-state index contributed by atoms with van der Waals surface area (Å²) in [5.41, 5.74) is 0. The van der Waals surface area contributed by atoms with Crippen LogP contribution < -0.4 is 10.6 Å². The third-order valence-corrected chi connectivity index (χ3v) is 15.6. The Morgan fingerprint density at radius 3 is 1.80 bits per heavy atom. The molecule has 0 aromatic rings. The van der Waals surface area contributed by atoms with E-state index in [4.69, 9.17) is 28.1 Å². The van der Waals surface area contributed by atoms with E-state index in [1.807, 2.05) is 0 Å². The van der Waals surface area contributed by atoms with E-state index in [0.29, 0.717) is 0 Å². The van der Waals surface area contributed by atoms with Gasteiger partial charge in [0.05, 0.1) is 13.2 Å². The maximum absolute atomic E-state index is 12.4. The Balaban J connectivity index is 4.54. The first-order valence-corrected chi connectivity index (χ1v) is 20.7. The van der Waals surface area contributed by atoms with Gasteiger partial charge in [0.25, 0.3) is 5.08 Å². The highest BCUT2D eigenvalue weighted by Crippen LogP contribution is 2.72. The summed E-state index contributed by atoms with van der Waals surface area (Å²) in [5, 5.41) is 1.05. The van der Waals surface area contributed by atoms with E-state index in [-0.39, 0.29) is 65.4 Å². The van der Waals surface area contributed by atoms with Gasteiger partial charge >= 0.3 is 39.3 Å². The number of rotatable bonds is 21. The van der Waals surface area contributed by atoms with Crippen LogP contribution >= 0.6 is 15.2 Å². The predicted molar refractivity (Wildman–Crippen MR) is 165 cm³/mol. The molecule has 0 rings (SSSR count). The van der Waals surface area contributed by atoms with Gasteiger partial charge in [0.1, 0.15) is 19.8 Å². The summed E-state index contributed by atoms with van der Waals surface area (Å²) >= 11 is 0. The molecule has 18 nitrogen and oxygen atoms in total. The van der Waals surface area contributed by atoms with Crippen LogP contribution in [-0.2, 0) is 46.8 Å². The molecule has 0 radical (unpaired) electrons. The highest BCUT2D eigenvalue weighted by atomic mass is 31.2. The quantitative estimate of drug-likeness (QED) is 0.0327. The van der Waals surface area contributed by atoms with Crippen molar-refractivity contribution >= 4 is 47.6 Å². The molecule has 270 valence electrons. The molecular formula is C25H50N2O16P2Si. The van der Waals surface area contributed by atoms with E-state index in [9.17, 15) is 47.9 Å². The van der Waals surface area contributed by atoms with Crippen molar-refractivity contribution in [1.82, 2.24) is 10.6 Å². The van der Waals surface area contributed by atoms with E-state index in [0.717, 1.165) is 0 Å². The van der Waals surface area contributed by atoms with Gasteiger partial charge in [-0.05, 0) is 24.6 Å². The Morgan fingerprint density at radius 1 is 0.761 bits per heavy atom. The van der Waals surface area contributed by atoms with E-state index in [1.54, 1.807) is 47.7 Å². The molecule has 46 heavy (non-hydrogen) atoms. The molecule has 0 bridgehead atoms. The molecule has 21 heteroatoms. The molecule has 0 aliphatic carbocycles. The molecule has 0 fully saturated rings. The van der Waals surface area contributed by atoms with Crippen LogP contribution in [0.2, 0.25) is 18.1 Å². The molecule has 0 aliphatic rings. The van der Waals surface area contributed by atoms with Crippen LogP contribution in [0.4, 0.5) is 9.59 Å². The van der Waals surface area contributed by atoms with Crippen LogP contribution in [0.25, 0.3) is 0 Å². The summed E-state index contributed by atoms with van der Waals surface area (Å²) in [5.74, 6) is -1.06. The lowest BCUT2D eigenvalue weighted by Crippen LogP contribution is -2.49. The van der Waals surface area contributed by atoms with Gasteiger partial charge in [-0.2, -0.15) is 0 Å². The molecule has 1 atom stereocenters. The van der Waals surface area contributed by atoms with Crippen molar-refractivity contribution in [3.63, 3.8) is 0 Å². The van der Waals surface area contributed by atoms with E-state index in [1.165, 1.54) is 0 Å². The van der Waals surface area contributed by atoms with Crippen molar-refractivity contribution < 1.29 is 76.0 Å². The summed E-state index contributed by atoms with van der Waals surface area (Å²) in [6.07, 6.45) is -3.48. The van der Waals surface area contributed by atoms with Crippen molar-refractivity contribution in [1.29, 1.82) is 0 Å². The lowest BCUT2D eigenvalue weighted by Gasteiger charge is -2.45. The molecule has 0 spiro atoms. The second kappa shape index (κ2) is 19.7. The zero-order chi connectivity index (χ0) is 35.8. The van der Waals surface area contributed by atoms with Crippen LogP contribution in [0.1, 0.15) is 60.3 Å². The van der Waals surface area contributed by atoms with Gasteiger partial charge in [-0.3, -0.25) is 18.7 Å². The maximum atomic E-state index is 12.4. The minimum atomic E-state index is -5.50. The Kier molecular flexibility index (Phi) is 18.8. The van der Waals surface area contributed by atoms with Crippen LogP contribution in [-0.4, -0.2) is 109 Å². The van der Waals surface area contributed by atoms with Gasteiger partial charge in [-0.25, -0.2) is 9.59 Å². The molecule has 0 aromatic carbocycles. The van der Waals surface area contributed by atoms with Crippen LogP contribution in [0.5, 0.6) is 0 Å². The van der Waals surface area contributed by atoms with Gasteiger partial charge in [-0.15, -0.1) is 0 Å². The molecule has 2 amide bonds. The van der Waals surface area contributed by atoms with Gasteiger partial charge in [0, 0.05) is 32.4 Å². The third kappa shape index (κ3) is 15.7. The number of hydrogen-bond donors (Lipinski definition) is 6. The standard InChI is InChI=1S/C25H50N2O16P2Si/c1-8-20(28)40-17-19(42-21(29)9-2)18-41-23(31)27-13-14-38-15-16-39-22(30)26-12-10-11-25(44(32,33)34,45(35,36)37)43-46(6,7)24(3,4)5/h19H,8-18H2,1-7H3,(H,26,30)(H,27,31)(H2,32,33,34)(H2,35,36,37). The number of carbonyl (C=O) groups is 4. The molecule has 0 saturated carbocycles. The number of amides is 2. The molecule has 0 saturated heterocycles. The first-order valence-electron chi connectivity index (χ1n) is 14.6. The molecule has 0 heterocycles. The summed E-state index contributed by atoms with van der Waals surface area (Å²) < 4.78 is 55.6. The van der Waals surface area contributed by atoms with Crippen molar-refractivity contribution in [2.75, 3.05) is 46.1 Å². The number of esters is 2. The number of ether oxygens (including phenoxy) is 5. The van der Waals surface area contributed by atoms with Crippen molar-refractivity contribution in [3.05, 3.63) is 0 Å². The number of carbonyl (C=O) groups excluding carboxylic acids is 4. The second-order valence-corrected chi connectivity index (χ2v) is 20.2. The fraction of sp³-hybridized carbons (Fsp3) is 0.840. The average Bonchev–Trinajstić information content (AvgIpc) is 2.93. The maximum Gasteiger partial charge on any atom is 0.407 e. The number of hydrogen-bond acceptors (Lipinski definition) is 12. The van der Waals surface area contributed by atoms with E-state index in [2.05, 4.69) is 10.6 Å². The normalized spacial score (nSPS) is 13.4.